The number of rotatable bonds is 0. The van der Waals surface area contributed by atoms with Crippen molar-refractivity contribution in [2.24, 2.45) is 0 Å². The first kappa shape index (κ1) is 8.84. The van der Waals surface area contributed by atoms with Crippen LogP contribution < -0.4 is 0 Å². The van der Waals surface area contributed by atoms with E-state index in [0.717, 1.165) is 0 Å². The first-order valence-corrected chi connectivity index (χ1v) is 0.651. The van der Waals surface area contributed by atoms with Gasteiger partial charge in [0.15, 0.2) is 0 Å². The third kappa shape index (κ3) is 274. The predicted molar refractivity (Wildman–Crippen MR) is 10.7 cm³/mol. The summed E-state index contributed by atoms with van der Waals surface area (Å²) in [6, 6.07) is 0. The summed E-state index contributed by atoms with van der Waals surface area (Å²) in [6.07, 6.45) is -1.83. The maximum absolute atomic E-state index is 8.56. The van der Waals surface area contributed by atoms with E-state index in [1.807, 2.05) is 0 Å². The topological polar surface area (TPSA) is 57.5 Å². The second-order valence-electron chi connectivity index (χ2n) is 0.283. The van der Waals surface area contributed by atoms with Crippen molar-refractivity contribution >= 4 is 6.16 Å². The Bertz CT molecular complexity index is 29.9. The predicted octanol–water partition coefficient (Wildman–Crippen LogP) is 0.220. The molecule has 4 heteroatoms. The first-order chi connectivity index (χ1) is 1.73. The van der Waals surface area contributed by atoms with E-state index >= 15 is 0 Å². The van der Waals surface area contributed by atoms with Gasteiger partial charge < -0.3 is 10.2 Å². The average molecular weight is 126 g/mol. The van der Waals surface area contributed by atoms with E-state index in [-0.39, 0.29) is 17.1 Å². The van der Waals surface area contributed by atoms with Crippen LogP contribution in [-0.4, -0.2) is 16.4 Å². The second-order valence-corrected chi connectivity index (χ2v) is 0.283. The molecule has 0 bridgehead atoms. The van der Waals surface area contributed by atoms with Gasteiger partial charge in [-0.1, -0.05) is 0 Å². The SMILES string of the molecule is O=C(O)O.[Cu+]. The zero-order valence-corrected chi connectivity index (χ0v) is 3.05. The van der Waals surface area contributed by atoms with Gasteiger partial charge in [-0.25, -0.2) is 4.79 Å². The van der Waals surface area contributed by atoms with Gasteiger partial charge in [-0.15, -0.1) is 0 Å². The summed E-state index contributed by atoms with van der Waals surface area (Å²) in [4.78, 5) is 8.56. The van der Waals surface area contributed by atoms with E-state index in [1.54, 1.807) is 0 Å². The molecule has 0 rings (SSSR count). The summed E-state index contributed by atoms with van der Waals surface area (Å²) >= 11 is 0. The van der Waals surface area contributed by atoms with Crippen LogP contribution in [0.3, 0.4) is 0 Å². The van der Waals surface area contributed by atoms with Crippen LogP contribution in [0.15, 0.2) is 0 Å². The molecule has 0 aliphatic heterocycles. The van der Waals surface area contributed by atoms with E-state index in [4.69, 9.17) is 15.0 Å². The van der Waals surface area contributed by atoms with E-state index in [0.29, 0.717) is 0 Å². The van der Waals surface area contributed by atoms with Gasteiger partial charge in [-0.2, -0.15) is 0 Å². The van der Waals surface area contributed by atoms with E-state index < -0.39 is 6.16 Å². The molecule has 2 N–H and O–H groups in total. The minimum Gasteiger partial charge on any atom is -0.450 e. The van der Waals surface area contributed by atoms with E-state index in [9.17, 15) is 0 Å². The third-order valence-corrected chi connectivity index (χ3v) is 0. The number of hydrogen-bond donors (Lipinski definition) is 2. The van der Waals surface area contributed by atoms with Gasteiger partial charge >= 0.3 is 23.2 Å². The molecule has 0 saturated heterocycles. The van der Waals surface area contributed by atoms with Crippen molar-refractivity contribution in [3.05, 3.63) is 0 Å². The van der Waals surface area contributed by atoms with Crippen molar-refractivity contribution in [2.45, 2.75) is 0 Å². The molecule has 0 unspecified atom stereocenters. The van der Waals surface area contributed by atoms with Crippen LogP contribution in [0.1, 0.15) is 0 Å². The van der Waals surface area contributed by atoms with Gasteiger partial charge in [0.2, 0.25) is 0 Å². The van der Waals surface area contributed by atoms with Crippen molar-refractivity contribution in [2.75, 3.05) is 0 Å². The maximum Gasteiger partial charge on any atom is 1.00 e. The van der Waals surface area contributed by atoms with Crippen molar-refractivity contribution in [1.82, 2.24) is 0 Å². The van der Waals surface area contributed by atoms with Crippen LogP contribution in [0.5, 0.6) is 0 Å². The second kappa shape index (κ2) is 3.79. The van der Waals surface area contributed by atoms with Crippen molar-refractivity contribution < 1.29 is 32.1 Å². The fourth-order valence-electron chi connectivity index (χ4n) is 0. The Morgan fingerprint density at radius 3 is 1.40 bits per heavy atom. The zero-order valence-electron chi connectivity index (χ0n) is 2.10. The van der Waals surface area contributed by atoms with Crippen molar-refractivity contribution in [3.8, 4) is 0 Å². The summed E-state index contributed by atoms with van der Waals surface area (Å²) < 4.78 is 0. The molecule has 0 amide bonds. The molecule has 0 atom stereocenters. The molecule has 34 valence electrons. The first-order valence-electron chi connectivity index (χ1n) is 0.651. The molecule has 3 nitrogen and oxygen atoms in total. The smallest absolute Gasteiger partial charge is 0.450 e. The fourth-order valence-corrected chi connectivity index (χ4v) is 0. The Morgan fingerprint density at radius 1 is 1.40 bits per heavy atom. The number of hydrogen-bond acceptors (Lipinski definition) is 1. The van der Waals surface area contributed by atoms with Gasteiger partial charge in [0, 0.05) is 0 Å². The van der Waals surface area contributed by atoms with Crippen LogP contribution in [0.2, 0.25) is 0 Å². The molecule has 0 fully saturated rings. The van der Waals surface area contributed by atoms with Crippen LogP contribution in [0.25, 0.3) is 0 Å². The van der Waals surface area contributed by atoms with Crippen LogP contribution in [-0.2, 0) is 17.1 Å². The van der Waals surface area contributed by atoms with Gasteiger partial charge in [-0.3, -0.25) is 0 Å². The summed E-state index contributed by atoms with van der Waals surface area (Å²) in [6.45, 7) is 0. The summed E-state index contributed by atoms with van der Waals surface area (Å²) in [5.74, 6) is 0. The van der Waals surface area contributed by atoms with Gasteiger partial charge in [0.1, 0.15) is 0 Å². The van der Waals surface area contributed by atoms with E-state index in [1.165, 1.54) is 0 Å². The van der Waals surface area contributed by atoms with Gasteiger partial charge in [-0.05, 0) is 0 Å². The number of carbonyl (C=O) groups is 1. The normalized spacial score (nSPS) is 4.80. The molecule has 0 aliphatic carbocycles. The van der Waals surface area contributed by atoms with Gasteiger partial charge in [0.25, 0.3) is 0 Å². The molecule has 0 aromatic heterocycles. The van der Waals surface area contributed by atoms with Crippen LogP contribution >= 0.6 is 0 Å². The Kier molecular flexibility index (Phi) is 6.70. The molecular formula is CH2CuO3+. The zero-order chi connectivity index (χ0) is 3.58. The molecule has 0 radical (unpaired) electrons. The fraction of sp³-hybridized carbons (Fsp3) is 0. The molecule has 0 heterocycles. The Morgan fingerprint density at radius 2 is 1.40 bits per heavy atom. The third-order valence-electron chi connectivity index (χ3n) is 0. The molecule has 5 heavy (non-hydrogen) atoms. The average Bonchev–Trinajstić information content (AvgIpc) is 0.811. The molecular weight excluding hydrogens is 124 g/mol. The summed E-state index contributed by atoms with van der Waals surface area (Å²) in [7, 11) is 0. The minimum absolute atomic E-state index is 0. The minimum atomic E-state index is -1.83. The molecule has 0 spiro atoms. The molecule has 0 aromatic rings. The molecule has 0 aliphatic rings. The number of carboxylic acid groups (broad SMARTS) is 2. The summed E-state index contributed by atoms with van der Waals surface area (Å²) in [5.41, 5.74) is 0. The Balaban J connectivity index is 0. The van der Waals surface area contributed by atoms with Crippen molar-refractivity contribution in [3.63, 3.8) is 0 Å². The standard InChI is InChI=1S/CH2O3.Cu/c2-1(3)4;/h(H2,2,3,4);/q;+1. The molecule has 0 aromatic carbocycles. The summed E-state index contributed by atoms with van der Waals surface area (Å²) in [5, 5.41) is 13.9. The van der Waals surface area contributed by atoms with E-state index in [2.05, 4.69) is 0 Å². The Labute approximate surface area is 39.1 Å². The van der Waals surface area contributed by atoms with Gasteiger partial charge in [0.05, 0.1) is 0 Å². The van der Waals surface area contributed by atoms with Crippen molar-refractivity contribution in [1.29, 1.82) is 0 Å². The quantitative estimate of drug-likeness (QED) is 0.456. The Hall–Kier alpha value is -0.211. The maximum atomic E-state index is 8.56. The monoisotopic (exact) mass is 125 g/mol. The largest absolute Gasteiger partial charge is 1.00 e. The van der Waals surface area contributed by atoms with Crippen LogP contribution in [0.4, 0.5) is 4.79 Å². The molecule has 0 saturated carbocycles. The van der Waals surface area contributed by atoms with Crippen LogP contribution in [0, 0.1) is 0 Å².